The van der Waals surface area contributed by atoms with Crippen LogP contribution < -0.4 is 0 Å². The Morgan fingerprint density at radius 1 is 0.967 bits per heavy atom. The highest BCUT2D eigenvalue weighted by Crippen LogP contribution is 2.22. The van der Waals surface area contributed by atoms with Crippen LogP contribution in [-0.4, -0.2) is 61.6 Å². The number of ether oxygens (including phenoxy) is 2. The molecule has 1 saturated heterocycles. The van der Waals surface area contributed by atoms with E-state index in [1.165, 1.54) is 18.2 Å². The summed E-state index contributed by atoms with van der Waals surface area (Å²) >= 11 is 0. The average molecular weight is 487 g/mol. The Labute approximate surface area is 183 Å². The molecule has 0 bridgehead atoms. The maximum absolute atomic E-state index is 12.2. The number of carbonyl (C=O) groups excluding carboxylic acids is 2. The molecule has 2 atom stereocenters. The number of benzene rings is 1. The van der Waals surface area contributed by atoms with Gasteiger partial charge in [-0.15, -0.1) is 0 Å². The molecule has 0 N–H and O–H groups in total. The predicted molar refractivity (Wildman–Crippen MR) is 122 cm³/mol. The maximum Gasteiger partial charge on any atom is 0.338 e. The van der Waals surface area contributed by atoms with Gasteiger partial charge in [-0.25, -0.2) is 9.59 Å². The van der Waals surface area contributed by atoms with Crippen LogP contribution in [0.2, 0.25) is 32.2 Å². The second-order valence-corrected chi connectivity index (χ2v) is 17.3. The molecule has 0 amide bonds. The van der Waals surface area contributed by atoms with E-state index in [4.69, 9.17) is 25.9 Å². The summed E-state index contributed by atoms with van der Waals surface area (Å²) in [4.78, 5) is 24.0. The number of hydrogen-bond donors (Lipinski definition) is 0. The smallest absolute Gasteiger partial charge is 0.338 e. The molecule has 8 nitrogen and oxygen atoms in total. The van der Waals surface area contributed by atoms with Crippen molar-refractivity contribution in [2.45, 2.75) is 38.7 Å². The Kier molecular flexibility index (Phi) is 9.83. The zero-order chi connectivity index (χ0) is 22.1. The summed E-state index contributed by atoms with van der Waals surface area (Å²) in [6, 6.07) is 6.86. The summed E-state index contributed by atoms with van der Waals surface area (Å²) in [5, 5.41) is 0. The van der Waals surface area contributed by atoms with E-state index < -0.39 is 48.4 Å². The molecule has 1 aliphatic heterocycles. The van der Waals surface area contributed by atoms with E-state index in [1.54, 1.807) is 12.1 Å². The minimum Gasteiger partial charge on any atom is -0.462 e. The molecule has 1 fully saturated rings. The van der Waals surface area contributed by atoms with Gasteiger partial charge in [0.15, 0.2) is 0 Å². The fourth-order valence-electron chi connectivity index (χ4n) is 3.08. The number of carbonyl (C=O) groups is 2. The molecule has 2 unspecified atom stereocenters. The van der Waals surface area contributed by atoms with E-state index in [-0.39, 0.29) is 13.2 Å². The van der Waals surface area contributed by atoms with Crippen molar-refractivity contribution in [2.24, 2.45) is 0 Å². The van der Waals surface area contributed by atoms with Gasteiger partial charge in [0.1, 0.15) is 6.61 Å². The molecular weight excluding hydrogens is 457 g/mol. The van der Waals surface area contributed by atoms with Crippen LogP contribution in [-0.2, 0) is 25.9 Å². The third-order valence-corrected chi connectivity index (χ3v) is 18.3. The van der Waals surface area contributed by atoms with Crippen molar-refractivity contribution in [3.63, 3.8) is 0 Å². The second-order valence-electron chi connectivity index (χ2n) is 7.05. The molecule has 1 aromatic rings. The van der Waals surface area contributed by atoms with Crippen molar-refractivity contribution >= 4 is 48.4 Å². The highest BCUT2D eigenvalue weighted by Gasteiger charge is 2.39. The molecule has 2 rings (SSSR count). The van der Waals surface area contributed by atoms with Crippen molar-refractivity contribution < 1.29 is 35.5 Å². The van der Waals surface area contributed by atoms with Crippen LogP contribution in [0.5, 0.6) is 0 Å². The zero-order valence-corrected chi connectivity index (χ0v) is 22.4. The zero-order valence-electron chi connectivity index (χ0n) is 17.9. The van der Waals surface area contributed by atoms with Gasteiger partial charge in [-0.05, 0) is 62.9 Å². The van der Waals surface area contributed by atoms with E-state index in [0.29, 0.717) is 23.6 Å². The number of rotatable bonds is 8. The maximum atomic E-state index is 12.2. The summed E-state index contributed by atoms with van der Waals surface area (Å²) in [5.41, 5.74) is 0.740. The molecule has 0 aliphatic carbocycles. The van der Waals surface area contributed by atoms with Crippen LogP contribution >= 0.6 is 0 Å². The van der Waals surface area contributed by atoms with E-state index in [2.05, 4.69) is 6.58 Å². The first kappa shape index (κ1) is 24.9. The minimum atomic E-state index is -2.41. The number of esters is 2. The molecule has 1 aliphatic rings. The molecule has 0 radical (unpaired) electrons. The first-order valence-corrected chi connectivity index (χ1v) is 18.8. The van der Waals surface area contributed by atoms with Crippen LogP contribution in [0, 0.1) is 0 Å². The van der Waals surface area contributed by atoms with Gasteiger partial charge in [0.2, 0.25) is 0 Å². The first-order valence-electron chi connectivity index (χ1n) is 9.94. The summed E-state index contributed by atoms with van der Waals surface area (Å²) in [6.45, 7) is 11.9. The lowest BCUT2D eigenvalue weighted by Gasteiger charge is -2.37. The van der Waals surface area contributed by atoms with E-state index >= 15 is 0 Å². The van der Waals surface area contributed by atoms with Crippen LogP contribution in [0.4, 0.5) is 0 Å². The monoisotopic (exact) mass is 486 g/mol. The Bertz CT molecular complexity index is 715. The largest absolute Gasteiger partial charge is 0.462 e. The van der Waals surface area contributed by atoms with Crippen LogP contribution in [0.25, 0.3) is 0 Å². The highest BCUT2D eigenvalue weighted by molar-refractivity contribution is 6.81. The molecule has 1 aromatic carbocycles. The van der Waals surface area contributed by atoms with Crippen LogP contribution in [0.15, 0.2) is 36.9 Å². The summed E-state index contributed by atoms with van der Waals surface area (Å²) in [6.07, 6.45) is 2.13. The van der Waals surface area contributed by atoms with Crippen molar-refractivity contribution in [2.75, 3.05) is 13.2 Å². The Morgan fingerprint density at radius 3 is 1.97 bits per heavy atom. The average Bonchev–Trinajstić information content (AvgIpc) is 2.67. The fraction of sp³-hybridized carbons (Fsp3) is 0.444. The highest BCUT2D eigenvalue weighted by atomic mass is 28.5. The van der Waals surface area contributed by atoms with E-state index in [1.807, 2.05) is 26.2 Å². The van der Waals surface area contributed by atoms with Gasteiger partial charge in [0.05, 0.1) is 17.7 Å². The van der Waals surface area contributed by atoms with E-state index in [0.717, 1.165) is 0 Å². The van der Waals surface area contributed by atoms with Crippen LogP contribution in [0.3, 0.4) is 0 Å². The third-order valence-electron chi connectivity index (χ3n) is 4.29. The lowest BCUT2D eigenvalue weighted by molar-refractivity contribution is 0.0498. The molecule has 0 saturated carbocycles. The second kappa shape index (κ2) is 11.9. The first-order chi connectivity index (χ1) is 14.2. The van der Waals surface area contributed by atoms with Crippen molar-refractivity contribution in [3.8, 4) is 0 Å². The van der Waals surface area contributed by atoms with Gasteiger partial charge in [0.25, 0.3) is 27.9 Å². The lowest BCUT2D eigenvalue weighted by Crippen LogP contribution is -2.53. The molecule has 1 heterocycles. The van der Waals surface area contributed by atoms with Gasteiger partial charge in [0, 0.05) is 0 Å². The summed E-state index contributed by atoms with van der Waals surface area (Å²) in [5.74, 6) is -0.905. The van der Waals surface area contributed by atoms with Gasteiger partial charge in [-0.1, -0.05) is 12.7 Å². The van der Waals surface area contributed by atoms with Gasteiger partial charge in [-0.2, -0.15) is 0 Å². The van der Waals surface area contributed by atoms with E-state index in [9.17, 15) is 9.59 Å². The molecular formula is C18H30O8Si4. The van der Waals surface area contributed by atoms with Gasteiger partial charge in [-0.3, -0.25) is 0 Å². The molecule has 30 heavy (non-hydrogen) atoms. The molecule has 12 heteroatoms. The predicted octanol–water partition coefficient (Wildman–Crippen LogP) is 2.28. The third kappa shape index (κ3) is 8.03. The molecule has 166 valence electrons. The Morgan fingerprint density at radius 2 is 1.47 bits per heavy atom. The van der Waals surface area contributed by atoms with Crippen molar-refractivity contribution in [1.29, 1.82) is 0 Å². The summed E-state index contributed by atoms with van der Waals surface area (Å²) < 4.78 is 34.6. The SMILES string of the molecule is C=CCOC(=O)c1ccc(C(=O)OCCC[Si]2(C)O[SiH](C)O[SiH](C)O[SiH](C)O2)cc1. The van der Waals surface area contributed by atoms with Crippen molar-refractivity contribution in [3.05, 3.63) is 48.0 Å². The molecule has 0 aromatic heterocycles. The standard InChI is InChI=1S/C18H30O8Si4/c1-6-12-21-17(19)15-8-10-16(11-9-15)18(20)22-13-7-14-30(5)25-28(3)23-27(2)24-29(4)26-30/h6,8-11,27-29H,1,7,12-14H2,2-5H3. The normalized spacial score (nSPS) is 26.9. The minimum absolute atomic E-state index is 0.139. The van der Waals surface area contributed by atoms with Crippen LogP contribution in [0.1, 0.15) is 27.1 Å². The molecule has 0 spiro atoms. The quantitative estimate of drug-likeness (QED) is 0.239. The van der Waals surface area contributed by atoms with Crippen molar-refractivity contribution in [1.82, 2.24) is 0 Å². The lowest BCUT2D eigenvalue weighted by atomic mass is 10.1. The fourth-order valence-corrected chi connectivity index (χ4v) is 17.7. The summed E-state index contributed by atoms with van der Waals surface area (Å²) in [7, 11) is -7.61. The number of hydrogen-bond acceptors (Lipinski definition) is 8. The van der Waals surface area contributed by atoms with Gasteiger partial charge < -0.3 is 25.9 Å². The van der Waals surface area contributed by atoms with Gasteiger partial charge >= 0.3 is 20.5 Å². The Hall–Kier alpha value is -1.39. The topological polar surface area (TPSA) is 89.5 Å². The Balaban J connectivity index is 1.81.